The maximum absolute atomic E-state index is 11.8. The molecule has 0 saturated carbocycles. The van der Waals surface area contributed by atoms with Crippen LogP contribution in [0.1, 0.15) is 30.0 Å². The van der Waals surface area contributed by atoms with Crippen LogP contribution in [0.5, 0.6) is 5.75 Å². The van der Waals surface area contributed by atoms with E-state index in [2.05, 4.69) is 43.4 Å². The summed E-state index contributed by atoms with van der Waals surface area (Å²) in [6, 6.07) is 16.3. The Morgan fingerprint density at radius 3 is 2.57 bits per heavy atom. The van der Waals surface area contributed by atoms with Gasteiger partial charge in [-0.05, 0) is 49.4 Å². The zero-order valence-electron chi connectivity index (χ0n) is 14.0. The van der Waals surface area contributed by atoms with Gasteiger partial charge >= 0.3 is 0 Å². The molecule has 2 aromatic rings. The molecule has 0 radical (unpaired) electrons. The second-order valence-corrected chi connectivity index (χ2v) is 5.73. The minimum absolute atomic E-state index is 0.0654. The number of carbonyl (C=O) groups is 1. The molecule has 2 aromatic carbocycles. The van der Waals surface area contributed by atoms with Crippen molar-refractivity contribution in [2.75, 3.05) is 13.2 Å². The van der Waals surface area contributed by atoms with Crippen molar-refractivity contribution in [3.63, 3.8) is 0 Å². The van der Waals surface area contributed by atoms with Crippen LogP contribution >= 0.6 is 0 Å². The van der Waals surface area contributed by atoms with Crippen LogP contribution in [0, 0.1) is 6.92 Å². The number of nitrogens with one attached hydrogen (secondary N) is 1. The average molecular weight is 311 g/mol. The summed E-state index contributed by atoms with van der Waals surface area (Å²) in [6.07, 6.45) is 2.91. The van der Waals surface area contributed by atoms with Crippen molar-refractivity contribution in [1.29, 1.82) is 0 Å². The van der Waals surface area contributed by atoms with Crippen molar-refractivity contribution in [1.82, 2.24) is 5.32 Å². The summed E-state index contributed by atoms with van der Waals surface area (Å²) in [4.78, 5) is 11.8. The van der Waals surface area contributed by atoms with Gasteiger partial charge in [-0.15, -0.1) is 0 Å². The van der Waals surface area contributed by atoms with Crippen LogP contribution in [0.25, 0.3) is 0 Å². The monoisotopic (exact) mass is 311 g/mol. The Hall–Kier alpha value is -2.29. The lowest BCUT2D eigenvalue weighted by atomic mass is 10.1. The highest BCUT2D eigenvalue weighted by Crippen LogP contribution is 2.12. The summed E-state index contributed by atoms with van der Waals surface area (Å²) in [5.41, 5.74) is 3.85. The lowest BCUT2D eigenvalue weighted by Gasteiger charge is -2.08. The standard InChI is InChI=1S/C20H25NO2/c1-3-17-9-11-19(12-10-17)23-15-20(22)21-13-5-8-18-7-4-6-16(2)14-18/h4,6-7,9-12,14H,3,5,8,13,15H2,1-2H3,(H,21,22). The first-order chi connectivity index (χ1) is 11.2. The summed E-state index contributed by atoms with van der Waals surface area (Å²) in [5.74, 6) is 0.658. The third-order valence-corrected chi connectivity index (χ3v) is 3.75. The third kappa shape index (κ3) is 6.15. The van der Waals surface area contributed by atoms with Crippen molar-refractivity contribution in [2.24, 2.45) is 0 Å². The molecule has 0 bridgehead atoms. The topological polar surface area (TPSA) is 38.3 Å². The Morgan fingerprint density at radius 2 is 1.87 bits per heavy atom. The molecule has 0 saturated heterocycles. The number of carbonyl (C=O) groups excluding carboxylic acids is 1. The van der Waals surface area contributed by atoms with Crippen LogP contribution in [0.15, 0.2) is 48.5 Å². The van der Waals surface area contributed by atoms with E-state index in [0.717, 1.165) is 25.0 Å². The van der Waals surface area contributed by atoms with E-state index in [1.807, 2.05) is 24.3 Å². The van der Waals surface area contributed by atoms with Gasteiger partial charge in [-0.1, -0.05) is 48.9 Å². The van der Waals surface area contributed by atoms with E-state index in [-0.39, 0.29) is 12.5 Å². The number of ether oxygens (including phenoxy) is 1. The molecule has 0 aliphatic rings. The van der Waals surface area contributed by atoms with E-state index < -0.39 is 0 Å². The van der Waals surface area contributed by atoms with Crippen LogP contribution < -0.4 is 10.1 Å². The Labute approximate surface area is 138 Å². The van der Waals surface area contributed by atoms with Crippen molar-refractivity contribution in [3.05, 3.63) is 65.2 Å². The zero-order chi connectivity index (χ0) is 16.5. The van der Waals surface area contributed by atoms with Crippen LogP contribution in [0.3, 0.4) is 0 Å². The van der Waals surface area contributed by atoms with E-state index in [1.165, 1.54) is 16.7 Å². The number of hydrogen-bond donors (Lipinski definition) is 1. The largest absolute Gasteiger partial charge is 0.484 e. The van der Waals surface area contributed by atoms with Gasteiger partial charge in [-0.25, -0.2) is 0 Å². The molecule has 0 aromatic heterocycles. The second kappa shape index (κ2) is 8.99. The fourth-order valence-electron chi connectivity index (χ4n) is 2.41. The molecular formula is C20H25NO2. The Morgan fingerprint density at radius 1 is 1.09 bits per heavy atom. The number of benzene rings is 2. The number of amides is 1. The Bertz CT molecular complexity index is 620. The molecule has 0 aliphatic carbocycles. The van der Waals surface area contributed by atoms with Crippen LogP contribution in [-0.4, -0.2) is 19.1 Å². The van der Waals surface area contributed by atoms with Gasteiger partial charge in [-0.2, -0.15) is 0 Å². The van der Waals surface area contributed by atoms with E-state index in [9.17, 15) is 4.79 Å². The summed E-state index contributed by atoms with van der Waals surface area (Å²) in [6.45, 7) is 4.94. The van der Waals surface area contributed by atoms with Crippen molar-refractivity contribution in [3.8, 4) is 5.75 Å². The van der Waals surface area contributed by atoms with E-state index in [1.54, 1.807) is 0 Å². The molecule has 0 fully saturated rings. The lowest BCUT2D eigenvalue weighted by molar-refractivity contribution is -0.123. The summed E-state index contributed by atoms with van der Waals surface area (Å²) in [5, 5.41) is 2.90. The second-order valence-electron chi connectivity index (χ2n) is 5.73. The predicted molar refractivity (Wildman–Crippen MR) is 93.8 cm³/mol. The SMILES string of the molecule is CCc1ccc(OCC(=O)NCCCc2cccc(C)c2)cc1. The number of aryl methyl sites for hydroxylation is 3. The summed E-state index contributed by atoms with van der Waals surface area (Å²) in [7, 11) is 0. The Balaban J connectivity index is 1.63. The third-order valence-electron chi connectivity index (χ3n) is 3.75. The molecule has 3 nitrogen and oxygen atoms in total. The molecule has 0 spiro atoms. The maximum atomic E-state index is 11.8. The van der Waals surface area contributed by atoms with Crippen LogP contribution in [0.2, 0.25) is 0 Å². The minimum Gasteiger partial charge on any atom is -0.484 e. The highest BCUT2D eigenvalue weighted by atomic mass is 16.5. The Kier molecular flexibility index (Phi) is 6.67. The molecule has 0 atom stereocenters. The highest BCUT2D eigenvalue weighted by molar-refractivity contribution is 5.77. The summed E-state index contributed by atoms with van der Waals surface area (Å²) >= 11 is 0. The van der Waals surface area contributed by atoms with Gasteiger partial charge < -0.3 is 10.1 Å². The van der Waals surface area contributed by atoms with Crippen molar-refractivity contribution in [2.45, 2.75) is 33.1 Å². The van der Waals surface area contributed by atoms with E-state index in [4.69, 9.17) is 4.74 Å². The van der Waals surface area contributed by atoms with Crippen LogP contribution in [-0.2, 0) is 17.6 Å². The molecule has 122 valence electrons. The summed E-state index contributed by atoms with van der Waals surface area (Å²) < 4.78 is 5.49. The maximum Gasteiger partial charge on any atom is 0.257 e. The van der Waals surface area contributed by atoms with Gasteiger partial charge in [0, 0.05) is 6.54 Å². The van der Waals surface area contributed by atoms with Gasteiger partial charge in [0.25, 0.3) is 5.91 Å². The smallest absolute Gasteiger partial charge is 0.257 e. The van der Waals surface area contributed by atoms with Gasteiger partial charge in [0.1, 0.15) is 5.75 Å². The minimum atomic E-state index is -0.0752. The van der Waals surface area contributed by atoms with Crippen molar-refractivity contribution < 1.29 is 9.53 Å². The average Bonchev–Trinajstić information content (AvgIpc) is 2.57. The molecule has 1 N–H and O–H groups in total. The predicted octanol–water partition coefficient (Wildman–Crippen LogP) is 3.69. The van der Waals surface area contributed by atoms with Gasteiger partial charge in [0.05, 0.1) is 0 Å². The quantitative estimate of drug-likeness (QED) is 0.755. The molecule has 2 rings (SSSR count). The molecule has 3 heteroatoms. The first-order valence-corrected chi connectivity index (χ1v) is 8.21. The zero-order valence-corrected chi connectivity index (χ0v) is 14.0. The van der Waals surface area contributed by atoms with Gasteiger partial charge in [0.15, 0.2) is 6.61 Å². The number of hydrogen-bond acceptors (Lipinski definition) is 2. The molecule has 1 amide bonds. The van der Waals surface area contributed by atoms with Gasteiger partial charge in [-0.3, -0.25) is 4.79 Å². The van der Waals surface area contributed by atoms with E-state index in [0.29, 0.717) is 6.54 Å². The normalized spacial score (nSPS) is 10.3. The number of rotatable bonds is 8. The molecule has 23 heavy (non-hydrogen) atoms. The molecule has 0 heterocycles. The first-order valence-electron chi connectivity index (χ1n) is 8.21. The fourth-order valence-corrected chi connectivity index (χ4v) is 2.41. The van der Waals surface area contributed by atoms with Crippen LogP contribution in [0.4, 0.5) is 0 Å². The van der Waals surface area contributed by atoms with E-state index >= 15 is 0 Å². The highest BCUT2D eigenvalue weighted by Gasteiger charge is 2.02. The molecular weight excluding hydrogens is 286 g/mol. The molecule has 0 aliphatic heterocycles. The lowest BCUT2D eigenvalue weighted by Crippen LogP contribution is -2.29. The van der Waals surface area contributed by atoms with Crippen molar-refractivity contribution >= 4 is 5.91 Å². The van der Waals surface area contributed by atoms with Gasteiger partial charge in [0.2, 0.25) is 0 Å². The molecule has 0 unspecified atom stereocenters. The first kappa shape index (κ1) is 17.1. The fraction of sp³-hybridized carbons (Fsp3) is 0.350.